The summed E-state index contributed by atoms with van der Waals surface area (Å²) in [5.74, 6) is 0.104. The maximum Gasteiger partial charge on any atom is 0.267 e. The van der Waals surface area contributed by atoms with E-state index in [4.69, 9.17) is 10.8 Å². The molecule has 0 atom stereocenters. The summed E-state index contributed by atoms with van der Waals surface area (Å²) in [7, 11) is 1.93. The van der Waals surface area contributed by atoms with E-state index in [2.05, 4.69) is 11.9 Å². The first-order chi connectivity index (χ1) is 9.04. The lowest BCUT2D eigenvalue weighted by atomic mass is 10.4. The number of nitrogens with two attached hydrogens (primary N) is 1. The molecule has 19 heavy (non-hydrogen) atoms. The third-order valence-electron chi connectivity index (χ3n) is 2.76. The summed E-state index contributed by atoms with van der Waals surface area (Å²) in [6, 6.07) is 0. The Morgan fingerprint density at radius 1 is 1.42 bits per heavy atom. The van der Waals surface area contributed by atoms with Crippen molar-refractivity contribution in [3.05, 3.63) is 4.88 Å². The molecule has 1 amide bonds. The minimum atomic E-state index is -0.164. The number of rotatable bonds is 7. The average molecular weight is 286 g/mol. The fourth-order valence-electron chi connectivity index (χ4n) is 1.74. The Kier molecular flexibility index (Phi) is 6.04. The molecule has 6 nitrogen and oxygen atoms in total. The molecular weight excluding hydrogens is 264 g/mol. The van der Waals surface area contributed by atoms with Crippen LogP contribution in [0, 0.1) is 0 Å². The molecule has 0 saturated carbocycles. The van der Waals surface area contributed by atoms with Crippen molar-refractivity contribution in [2.24, 2.45) is 0 Å². The van der Waals surface area contributed by atoms with Gasteiger partial charge >= 0.3 is 0 Å². The van der Waals surface area contributed by atoms with Gasteiger partial charge in [0.2, 0.25) is 0 Å². The van der Waals surface area contributed by atoms with E-state index in [1.54, 1.807) is 4.90 Å². The van der Waals surface area contributed by atoms with Crippen LogP contribution in [0.2, 0.25) is 0 Å². The molecular formula is C12H22N4O2S. The van der Waals surface area contributed by atoms with Gasteiger partial charge in [-0.05, 0) is 13.3 Å². The second-order valence-electron chi connectivity index (χ2n) is 4.24. The van der Waals surface area contributed by atoms with Crippen molar-refractivity contribution in [2.75, 3.05) is 43.9 Å². The highest BCUT2D eigenvalue weighted by Crippen LogP contribution is 2.28. The van der Waals surface area contributed by atoms with Crippen molar-refractivity contribution in [2.45, 2.75) is 20.3 Å². The number of nitrogens with zero attached hydrogens (tertiary/aromatic N) is 3. The Labute approximate surface area is 117 Å². The highest BCUT2D eigenvalue weighted by atomic mass is 32.1. The predicted octanol–water partition coefficient (Wildman–Crippen LogP) is 1.03. The molecule has 1 aromatic heterocycles. The zero-order chi connectivity index (χ0) is 14.4. The number of thiazole rings is 1. The van der Waals surface area contributed by atoms with Crippen molar-refractivity contribution in [1.29, 1.82) is 0 Å². The number of carbonyl (C=O) groups excluding carboxylic acids is 1. The van der Waals surface area contributed by atoms with Gasteiger partial charge in [-0.25, -0.2) is 4.98 Å². The predicted molar refractivity (Wildman–Crippen MR) is 78.8 cm³/mol. The highest BCUT2D eigenvalue weighted by molar-refractivity contribution is 7.18. The number of hydrogen-bond acceptors (Lipinski definition) is 6. The van der Waals surface area contributed by atoms with Crippen LogP contribution in [0.15, 0.2) is 0 Å². The second kappa shape index (κ2) is 7.30. The smallest absolute Gasteiger partial charge is 0.267 e. The van der Waals surface area contributed by atoms with Crippen molar-refractivity contribution in [3.63, 3.8) is 0 Å². The number of aromatic nitrogens is 1. The molecule has 0 aliphatic heterocycles. The first-order valence-corrected chi connectivity index (χ1v) is 7.24. The summed E-state index contributed by atoms with van der Waals surface area (Å²) < 4.78 is 0. The average Bonchev–Trinajstić information content (AvgIpc) is 2.77. The SMILES string of the molecule is CCCN(C)c1nc(N)c(C(=O)N(CC)CCO)s1. The summed E-state index contributed by atoms with van der Waals surface area (Å²) in [5, 5.41) is 9.70. The van der Waals surface area contributed by atoms with E-state index in [1.165, 1.54) is 11.3 Å². The first kappa shape index (κ1) is 15.7. The molecule has 108 valence electrons. The van der Waals surface area contributed by atoms with Gasteiger partial charge in [-0.1, -0.05) is 18.3 Å². The zero-order valence-electron chi connectivity index (χ0n) is 11.7. The molecule has 0 saturated heterocycles. The minimum absolute atomic E-state index is 0.0547. The molecule has 0 bridgehead atoms. The topological polar surface area (TPSA) is 82.7 Å². The van der Waals surface area contributed by atoms with Crippen LogP contribution in [0.4, 0.5) is 10.9 Å². The van der Waals surface area contributed by atoms with Gasteiger partial charge < -0.3 is 20.6 Å². The summed E-state index contributed by atoms with van der Waals surface area (Å²) in [5.41, 5.74) is 5.83. The van der Waals surface area contributed by atoms with E-state index in [0.29, 0.717) is 18.0 Å². The number of anilines is 2. The molecule has 1 heterocycles. The van der Waals surface area contributed by atoms with Crippen LogP contribution < -0.4 is 10.6 Å². The Hall–Kier alpha value is -1.34. The van der Waals surface area contributed by atoms with E-state index in [0.717, 1.165) is 18.1 Å². The molecule has 3 N–H and O–H groups in total. The maximum absolute atomic E-state index is 12.3. The lowest BCUT2D eigenvalue weighted by Gasteiger charge is -2.18. The van der Waals surface area contributed by atoms with E-state index in [-0.39, 0.29) is 18.3 Å². The van der Waals surface area contributed by atoms with E-state index >= 15 is 0 Å². The third-order valence-corrected chi connectivity index (χ3v) is 3.93. The Morgan fingerprint density at radius 3 is 2.63 bits per heavy atom. The number of amides is 1. The van der Waals surface area contributed by atoms with Gasteiger partial charge in [0, 0.05) is 26.7 Å². The maximum atomic E-state index is 12.3. The number of carbonyl (C=O) groups is 1. The van der Waals surface area contributed by atoms with Crippen LogP contribution >= 0.6 is 11.3 Å². The van der Waals surface area contributed by atoms with Crippen LogP contribution in [-0.4, -0.2) is 54.2 Å². The Bertz CT molecular complexity index is 422. The number of likely N-dealkylation sites (N-methyl/N-ethyl adjacent to an activating group) is 1. The van der Waals surface area contributed by atoms with Crippen LogP contribution in [0.5, 0.6) is 0 Å². The third kappa shape index (κ3) is 3.81. The fourth-order valence-corrected chi connectivity index (χ4v) is 2.68. The molecule has 7 heteroatoms. The van der Waals surface area contributed by atoms with Gasteiger partial charge in [-0.2, -0.15) is 0 Å². The number of nitrogen functional groups attached to an aromatic ring is 1. The van der Waals surface area contributed by atoms with Crippen molar-refractivity contribution in [3.8, 4) is 0 Å². The lowest BCUT2D eigenvalue weighted by Crippen LogP contribution is -2.33. The molecule has 0 aliphatic rings. The molecule has 1 rings (SSSR count). The molecule has 0 aromatic carbocycles. The summed E-state index contributed by atoms with van der Waals surface area (Å²) in [4.78, 5) is 20.5. The van der Waals surface area contributed by atoms with Crippen LogP contribution in [0.3, 0.4) is 0 Å². The molecule has 0 unspecified atom stereocenters. The van der Waals surface area contributed by atoms with Crippen LogP contribution in [0.1, 0.15) is 29.9 Å². The summed E-state index contributed by atoms with van der Waals surface area (Å²) in [6.07, 6.45) is 1.00. The molecule has 0 radical (unpaired) electrons. The standard InChI is InChI=1S/C12H22N4O2S/c1-4-6-15(3)12-14-10(13)9(19-12)11(18)16(5-2)7-8-17/h17H,4-8,13H2,1-3H3. The van der Waals surface area contributed by atoms with E-state index in [1.807, 2.05) is 18.9 Å². The second-order valence-corrected chi connectivity index (χ2v) is 5.22. The minimum Gasteiger partial charge on any atom is -0.395 e. The number of aliphatic hydroxyl groups excluding tert-OH is 1. The van der Waals surface area contributed by atoms with Crippen molar-refractivity contribution in [1.82, 2.24) is 9.88 Å². The molecule has 0 spiro atoms. The monoisotopic (exact) mass is 286 g/mol. The first-order valence-electron chi connectivity index (χ1n) is 6.42. The summed E-state index contributed by atoms with van der Waals surface area (Å²) >= 11 is 1.30. The largest absolute Gasteiger partial charge is 0.395 e. The van der Waals surface area contributed by atoms with Gasteiger partial charge in [0.05, 0.1) is 6.61 Å². The fraction of sp³-hybridized carbons (Fsp3) is 0.667. The summed E-state index contributed by atoms with van der Waals surface area (Å²) in [6.45, 7) is 5.62. The van der Waals surface area contributed by atoms with Gasteiger partial charge in [-0.3, -0.25) is 4.79 Å². The lowest BCUT2D eigenvalue weighted by molar-refractivity contribution is 0.0737. The van der Waals surface area contributed by atoms with Crippen molar-refractivity contribution < 1.29 is 9.90 Å². The molecule has 0 aliphatic carbocycles. The molecule has 0 fully saturated rings. The van der Waals surface area contributed by atoms with Gasteiger partial charge in [-0.15, -0.1) is 0 Å². The van der Waals surface area contributed by atoms with Gasteiger partial charge in [0.15, 0.2) is 5.13 Å². The molecule has 1 aromatic rings. The number of hydrogen-bond donors (Lipinski definition) is 2. The highest BCUT2D eigenvalue weighted by Gasteiger charge is 2.21. The van der Waals surface area contributed by atoms with E-state index in [9.17, 15) is 4.79 Å². The van der Waals surface area contributed by atoms with Gasteiger partial charge in [0.1, 0.15) is 10.7 Å². The Balaban J connectivity index is 2.91. The number of aliphatic hydroxyl groups is 1. The quantitative estimate of drug-likeness (QED) is 0.782. The normalized spacial score (nSPS) is 10.5. The van der Waals surface area contributed by atoms with Crippen LogP contribution in [0.25, 0.3) is 0 Å². The van der Waals surface area contributed by atoms with Gasteiger partial charge in [0.25, 0.3) is 5.91 Å². The van der Waals surface area contributed by atoms with Crippen LogP contribution in [-0.2, 0) is 0 Å². The van der Waals surface area contributed by atoms with Crippen molar-refractivity contribution >= 4 is 28.2 Å². The Morgan fingerprint density at radius 2 is 2.11 bits per heavy atom. The van der Waals surface area contributed by atoms with E-state index < -0.39 is 0 Å². The zero-order valence-corrected chi connectivity index (χ0v) is 12.5.